The molecule has 2 amide bonds. The van der Waals surface area contributed by atoms with E-state index in [0.29, 0.717) is 44.7 Å². The number of carbonyl (C=O) groups excluding carboxylic acids is 2. The number of hydrogen-bond donors (Lipinski definition) is 1. The highest BCUT2D eigenvalue weighted by Gasteiger charge is 2.40. The molecule has 0 aromatic carbocycles. The van der Waals surface area contributed by atoms with Crippen molar-refractivity contribution >= 4 is 11.8 Å². The Balaban J connectivity index is 1.68. The first-order chi connectivity index (χ1) is 14.9. The number of methoxy groups -OCH3 is 1. The second kappa shape index (κ2) is 10.4. The van der Waals surface area contributed by atoms with Crippen LogP contribution in [0.15, 0.2) is 24.5 Å². The number of likely N-dealkylation sites (tertiary alicyclic amines) is 1. The second-order valence-electron chi connectivity index (χ2n) is 7.78. The lowest BCUT2D eigenvalue weighted by Crippen LogP contribution is -2.46. The summed E-state index contributed by atoms with van der Waals surface area (Å²) in [7, 11) is 3.48. The maximum absolute atomic E-state index is 13.1. The molecule has 1 saturated heterocycles. The molecule has 1 aliphatic heterocycles. The Morgan fingerprint density at radius 1 is 1.32 bits per heavy atom. The first kappa shape index (κ1) is 22.7. The molecule has 1 fully saturated rings. The number of amides is 2. The van der Waals surface area contributed by atoms with Gasteiger partial charge in [0.05, 0.1) is 25.0 Å². The van der Waals surface area contributed by atoms with Crippen LogP contribution in [0.2, 0.25) is 0 Å². The van der Waals surface area contributed by atoms with Gasteiger partial charge in [-0.05, 0) is 38.0 Å². The van der Waals surface area contributed by atoms with Crippen LogP contribution >= 0.6 is 0 Å². The number of nitrogens with one attached hydrogen (secondary N) is 1. The highest BCUT2D eigenvalue weighted by molar-refractivity contribution is 5.88. The molecule has 1 aliphatic rings. The summed E-state index contributed by atoms with van der Waals surface area (Å²) in [5.74, 6) is 0.380. The van der Waals surface area contributed by atoms with Crippen molar-refractivity contribution in [1.29, 1.82) is 0 Å². The van der Waals surface area contributed by atoms with Gasteiger partial charge in [0.2, 0.25) is 11.8 Å². The summed E-state index contributed by atoms with van der Waals surface area (Å²) < 4.78 is 12.8. The predicted octanol–water partition coefficient (Wildman–Crippen LogP) is 1.18. The highest BCUT2D eigenvalue weighted by atomic mass is 16.5. The quantitative estimate of drug-likeness (QED) is 0.601. The summed E-state index contributed by atoms with van der Waals surface area (Å²) in [5.41, 5.74) is 3.07. The molecule has 0 saturated carbocycles. The Morgan fingerprint density at radius 2 is 2.13 bits per heavy atom. The normalized spacial score (nSPS) is 18.3. The van der Waals surface area contributed by atoms with Gasteiger partial charge < -0.3 is 19.7 Å². The molecule has 0 bridgehead atoms. The molecule has 0 radical (unpaired) electrons. The van der Waals surface area contributed by atoms with E-state index in [1.165, 1.54) is 0 Å². The molecule has 3 rings (SSSR count). The number of carbonyl (C=O) groups is 2. The first-order valence-corrected chi connectivity index (χ1v) is 10.5. The van der Waals surface area contributed by atoms with Crippen LogP contribution in [0.1, 0.15) is 29.8 Å². The van der Waals surface area contributed by atoms with Crippen molar-refractivity contribution in [3.8, 4) is 5.75 Å². The van der Waals surface area contributed by atoms with Gasteiger partial charge in [-0.25, -0.2) is 0 Å². The maximum Gasteiger partial charge on any atom is 0.243 e. The van der Waals surface area contributed by atoms with Crippen LogP contribution in [0.3, 0.4) is 0 Å². The number of rotatable bonds is 9. The Kier molecular flexibility index (Phi) is 7.62. The summed E-state index contributed by atoms with van der Waals surface area (Å²) in [6.07, 6.45) is 4.37. The smallest absolute Gasteiger partial charge is 0.243 e. The largest absolute Gasteiger partial charge is 0.487 e. The molecular formula is C22H31N5O4. The minimum atomic E-state index is -0.567. The zero-order valence-electron chi connectivity index (χ0n) is 18.6. The molecule has 2 aromatic rings. The van der Waals surface area contributed by atoms with Gasteiger partial charge in [0, 0.05) is 45.4 Å². The monoisotopic (exact) mass is 429 g/mol. The summed E-state index contributed by atoms with van der Waals surface area (Å²) in [4.78, 5) is 31.6. The standard InChI is InChI=1S/C22H31N5O4/c1-15-19(16(2)26(3)25-15)7-8-21(28)27-14-18(31-17-6-5-9-23-13-17)12-20(27)22(29)24-10-11-30-4/h5-6,9,13,18,20H,7-8,10-12,14H2,1-4H3,(H,24,29)/t18-,20-/m0/s1. The van der Waals surface area contributed by atoms with Crippen LogP contribution in [0.5, 0.6) is 5.75 Å². The maximum atomic E-state index is 13.1. The molecule has 3 heterocycles. The van der Waals surface area contributed by atoms with Gasteiger partial charge >= 0.3 is 0 Å². The Labute approximate surface area is 182 Å². The number of nitrogens with zero attached hydrogens (tertiary/aromatic N) is 4. The predicted molar refractivity (Wildman–Crippen MR) is 115 cm³/mol. The SMILES string of the molecule is COCCNC(=O)[C@@H]1C[C@H](Oc2cccnc2)CN1C(=O)CCc1c(C)nn(C)c1C. The van der Waals surface area contributed by atoms with Gasteiger partial charge in [-0.3, -0.25) is 19.3 Å². The Hall–Kier alpha value is -2.94. The van der Waals surface area contributed by atoms with Gasteiger partial charge in [0.1, 0.15) is 17.9 Å². The molecular weight excluding hydrogens is 398 g/mol. The third-order valence-electron chi connectivity index (χ3n) is 5.68. The molecule has 0 spiro atoms. The van der Waals surface area contributed by atoms with E-state index in [9.17, 15) is 9.59 Å². The average Bonchev–Trinajstić information content (AvgIpc) is 3.28. The average molecular weight is 430 g/mol. The van der Waals surface area contributed by atoms with Crippen LogP contribution in [0.25, 0.3) is 0 Å². The van der Waals surface area contributed by atoms with Gasteiger partial charge in [0.15, 0.2) is 0 Å². The molecule has 2 atom stereocenters. The minimum Gasteiger partial charge on any atom is -0.487 e. The van der Waals surface area contributed by atoms with Gasteiger partial charge in [-0.15, -0.1) is 0 Å². The molecule has 31 heavy (non-hydrogen) atoms. The topological polar surface area (TPSA) is 98.6 Å². The third-order valence-corrected chi connectivity index (χ3v) is 5.68. The van der Waals surface area contributed by atoms with Crippen molar-refractivity contribution < 1.29 is 19.1 Å². The highest BCUT2D eigenvalue weighted by Crippen LogP contribution is 2.24. The van der Waals surface area contributed by atoms with Crippen LogP contribution in [0.4, 0.5) is 0 Å². The van der Waals surface area contributed by atoms with Gasteiger partial charge in [-0.2, -0.15) is 5.10 Å². The van der Waals surface area contributed by atoms with Crippen molar-refractivity contribution in [3.05, 3.63) is 41.5 Å². The summed E-state index contributed by atoms with van der Waals surface area (Å²) in [6.45, 7) is 5.13. The van der Waals surface area contributed by atoms with Crippen molar-refractivity contribution in [1.82, 2.24) is 25.0 Å². The zero-order valence-corrected chi connectivity index (χ0v) is 18.6. The van der Waals surface area contributed by atoms with Gasteiger partial charge in [0.25, 0.3) is 0 Å². The molecule has 0 aliphatic carbocycles. The van der Waals surface area contributed by atoms with E-state index in [0.717, 1.165) is 17.0 Å². The summed E-state index contributed by atoms with van der Waals surface area (Å²) >= 11 is 0. The lowest BCUT2D eigenvalue weighted by molar-refractivity contribution is -0.138. The molecule has 0 unspecified atom stereocenters. The van der Waals surface area contributed by atoms with Crippen LogP contribution in [0, 0.1) is 13.8 Å². The Morgan fingerprint density at radius 3 is 2.77 bits per heavy atom. The number of ether oxygens (including phenoxy) is 2. The summed E-state index contributed by atoms with van der Waals surface area (Å²) in [5, 5.41) is 7.27. The third kappa shape index (κ3) is 5.61. The minimum absolute atomic E-state index is 0.0631. The fraction of sp³-hybridized carbons (Fsp3) is 0.545. The van der Waals surface area contributed by atoms with Crippen LogP contribution in [-0.2, 0) is 27.8 Å². The number of hydrogen-bond acceptors (Lipinski definition) is 6. The van der Waals surface area contributed by atoms with Crippen molar-refractivity contribution in [2.75, 3.05) is 26.8 Å². The molecule has 1 N–H and O–H groups in total. The van der Waals surface area contributed by atoms with E-state index in [-0.39, 0.29) is 17.9 Å². The lowest BCUT2D eigenvalue weighted by Gasteiger charge is -2.23. The van der Waals surface area contributed by atoms with Crippen LogP contribution in [-0.4, -0.2) is 70.4 Å². The van der Waals surface area contributed by atoms with E-state index >= 15 is 0 Å². The van der Waals surface area contributed by atoms with E-state index in [4.69, 9.17) is 9.47 Å². The number of pyridine rings is 1. The molecule has 9 heteroatoms. The second-order valence-corrected chi connectivity index (χ2v) is 7.78. The van der Waals surface area contributed by atoms with Crippen molar-refractivity contribution in [2.24, 2.45) is 7.05 Å². The fourth-order valence-electron chi connectivity index (χ4n) is 3.97. The molecule has 9 nitrogen and oxygen atoms in total. The Bertz CT molecular complexity index is 899. The van der Waals surface area contributed by atoms with Crippen molar-refractivity contribution in [3.63, 3.8) is 0 Å². The number of aromatic nitrogens is 3. The number of aryl methyl sites for hydroxylation is 2. The fourth-order valence-corrected chi connectivity index (χ4v) is 3.97. The lowest BCUT2D eigenvalue weighted by atomic mass is 10.1. The van der Waals surface area contributed by atoms with E-state index in [1.807, 2.05) is 31.6 Å². The summed E-state index contributed by atoms with van der Waals surface area (Å²) in [6, 6.07) is 3.04. The zero-order chi connectivity index (χ0) is 22.4. The molecule has 168 valence electrons. The van der Waals surface area contributed by atoms with Crippen molar-refractivity contribution in [2.45, 2.75) is 45.3 Å². The van der Waals surface area contributed by atoms with E-state index in [2.05, 4.69) is 15.4 Å². The first-order valence-electron chi connectivity index (χ1n) is 10.5. The van der Waals surface area contributed by atoms with E-state index < -0.39 is 6.04 Å². The molecule has 2 aromatic heterocycles. The van der Waals surface area contributed by atoms with E-state index in [1.54, 1.807) is 30.5 Å². The van der Waals surface area contributed by atoms with Gasteiger partial charge in [-0.1, -0.05) is 0 Å². The van der Waals surface area contributed by atoms with Crippen LogP contribution < -0.4 is 10.1 Å².